The zero-order valence-corrected chi connectivity index (χ0v) is 15.7. The lowest BCUT2D eigenvalue weighted by Crippen LogP contribution is -2.50. The van der Waals surface area contributed by atoms with E-state index in [1.165, 1.54) is 6.42 Å². The Morgan fingerprint density at radius 1 is 1.12 bits per heavy atom. The van der Waals surface area contributed by atoms with Crippen LogP contribution in [0.4, 0.5) is 0 Å². The maximum absolute atomic E-state index is 12.5. The molecule has 3 rings (SSSR count). The molecule has 0 spiro atoms. The summed E-state index contributed by atoms with van der Waals surface area (Å²) in [5, 5.41) is 13.9. The minimum Gasteiger partial charge on any atom is -0.389 e. The molecular formula is C21H32N2O2. The predicted octanol–water partition coefficient (Wildman–Crippen LogP) is 3.19. The molecule has 2 N–H and O–H groups in total. The van der Waals surface area contributed by atoms with E-state index in [9.17, 15) is 9.90 Å². The van der Waals surface area contributed by atoms with Crippen molar-refractivity contribution < 1.29 is 9.90 Å². The number of likely N-dealkylation sites (tertiary alicyclic amines) is 1. The standard InChI is InChI=1S/C21H32N2O2/c1-16-12-17(2)14-18(13-16)20(24)22-19-6-10-23(11-7-19)15-21(25)8-4-3-5-9-21/h12-14,19,25H,3-11,15H2,1-2H3,(H,22,24). The second-order valence-electron chi connectivity index (χ2n) is 8.19. The predicted molar refractivity (Wildman–Crippen MR) is 101 cm³/mol. The van der Waals surface area contributed by atoms with Gasteiger partial charge in [-0.2, -0.15) is 0 Å². The number of amides is 1. The van der Waals surface area contributed by atoms with Crippen LogP contribution in [0.3, 0.4) is 0 Å². The number of benzene rings is 1. The number of carbonyl (C=O) groups is 1. The van der Waals surface area contributed by atoms with E-state index in [1.807, 2.05) is 26.0 Å². The second-order valence-corrected chi connectivity index (χ2v) is 8.19. The number of aryl methyl sites for hydroxylation is 2. The molecule has 1 saturated carbocycles. The number of aliphatic hydroxyl groups is 1. The summed E-state index contributed by atoms with van der Waals surface area (Å²) in [6.45, 7) is 6.77. The number of hydrogen-bond donors (Lipinski definition) is 2. The molecule has 0 aromatic heterocycles. The summed E-state index contributed by atoms with van der Waals surface area (Å²) in [5.74, 6) is 0.0381. The average molecular weight is 344 g/mol. The Balaban J connectivity index is 1.48. The van der Waals surface area contributed by atoms with Gasteiger partial charge in [0.05, 0.1) is 5.60 Å². The number of hydrogen-bond acceptors (Lipinski definition) is 3. The lowest BCUT2D eigenvalue weighted by atomic mass is 9.84. The van der Waals surface area contributed by atoms with Crippen molar-refractivity contribution in [1.82, 2.24) is 10.2 Å². The third-order valence-electron chi connectivity index (χ3n) is 5.71. The van der Waals surface area contributed by atoms with E-state index in [4.69, 9.17) is 0 Å². The zero-order valence-electron chi connectivity index (χ0n) is 15.7. The molecular weight excluding hydrogens is 312 g/mol. The smallest absolute Gasteiger partial charge is 0.251 e. The van der Waals surface area contributed by atoms with Crippen molar-refractivity contribution >= 4 is 5.91 Å². The highest BCUT2D eigenvalue weighted by atomic mass is 16.3. The Labute approximate surface area is 151 Å². The van der Waals surface area contributed by atoms with Gasteiger partial charge in [0.2, 0.25) is 0 Å². The monoisotopic (exact) mass is 344 g/mol. The quantitative estimate of drug-likeness (QED) is 0.882. The van der Waals surface area contributed by atoms with Gasteiger partial charge < -0.3 is 15.3 Å². The van der Waals surface area contributed by atoms with Crippen LogP contribution >= 0.6 is 0 Å². The summed E-state index contributed by atoms with van der Waals surface area (Å²) in [6.07, 6.45) is 7.37. The summed E-state index contributed by atoms with van der Waals surface area (Å²) in [4.78, 5) is 14.9. The largest absolute Gasteiger partial charge is 0.389 e. The second kappa shape index (κ2) is 7.88. The number of rotatable bonds is 4. The van der Waals surface area contributed by atoms with E-state index in [2.05, 4.69) is 16.3 Å². The fraction of sp³-hybridized carbons (Fsp3) is 0.667. The summed E-state index contributed by atoms with van der Waals surface area (Å²) in [7, 11) is 0. The first-order valence-electron chi connectivity index (χ1n) is 9.77. The van der Waals surface area contributed by atoms with Crippen LogP contribution in [-0.2, 0) is 0 Å². The molecule has 0 radical (unpaired) electrons. The number of carbonyl (C=O) groups excluding carboxylic acids is 1. The lowest BCUT2D eigenvalue weighted by molar-refractivity contribution is -0.0312. The highest BCUT2D eigenvalue weighted by Crippen LogP contribution is 2.29. The fourth-order valence-corrected chi connectivity index (χ4v) is 4.39. The molecule has 1 heterocycles. The minimum absolute atomic E-state index is 0.0381. The van der Waals surface area contributed by atoms with Crippen LogP contribution in [0.2, 0.25) is 0 Å². The molecule has 1 aliphatic carbocycles. The van der Waals surface area contributed by atoms with Gasteiger partial charge in [-0.25, -0.2) is 0 Å². The zero-order chi connectivity index (χ0) is 17.9. The van der Waals surface area contributed by atoms with Gasteiger partial charge in [0, 0.05) is 31.2 Å². The van der Waals surface area contributed by atoms with Crippen LogP contribution < -0.4 is 5.32 Å². The number of nitrogens with zero attached hydrogens (tertiary/aromatic N) is 1. The van der Waals surface area contributed by atoms with Crippen molar-refractivity contribution in [2.75, 3.05) is 19.6 Å². The van der Waals surface area contributed by atoms with E-state index < -0.39 is 5.60 Å². The molecule has 1 aliphatic heterocycles. The van der Waals surface area contributed by atoms with Crippen LogP contribution in [0.15, 0.2) is 18.2 Å². The van der Waals surface area contributed by atoms with Gasteiger partial charge in [0.25, 0.3) is 5.91 Å². The van der Waals surface area contributed by atoms with Gasteiger partial charge in [0.1, 0.15) is 0 Å². The summed E-state index contributed by atoms with van der Waals surface area (Å²) >= 11 is 0. The van der Waals surface area contributed by atoms with Gasteiger partial charge in [0.15, 0.2) is 0 Å². The van der Waals surface area contributed by atoms with E-state index in [0.29, 0.717) is 0 Å². The molecule has 25 heavy (non-hydrogen) atoms. The Morgan fingerprint density at radius 3 is 2.32 bits per heavy atom. The van der Waals surface area contributed by atoms with Gasteiger partial charge >= 0.3 is 0 Å². The molecule has 0 unspecified atom stereocenters. The Bertz CT molecular complexity index is 580. The summed E-state index contributed by atoms with van der Waals surface area (Å²) in [5.41, 5.74) is 2.53. The van der Waals surface area contributed by atoms with Gasteiger partial charge in [-0.15, -0.1) is 0 Å². The minimum atomic E-state index is -0.479. The molecule has 1 saturated heterocycles. The number of nitrogens with one attached hydrogen (secondary N) is 1. The van der Waals surface area contributed by atoms with Crippen molar-refractivity contribution in [3.05, 3.63) is 34.9 Å². The molecule has 0 bridgehead atoms. The van der Waals surface area contributed by atoms with Crippen molar-refractivity contribution in [2.24, 2.45) is 0 Å². The van der Waals surface area contributed by atoms with E-state index >= 15 is 0 Å². The number of piperidine rings is 1. The molecule has 1 aromatic rings. The first kappa shape index (κ1) is 18.4. The van der Waals surface area contributed by atoms with Crippen molar-refractivity contribution in [1.29, 1.82) is 0 Å². The average Bonchev–Trinajstić information content (AvgIpc) is 2.56. The molecule has 138 valence electrons. The van der Waals surface area contributed by atoms with Crippen LogP contribution in [0.1, 0.15) is 66.4 Å². The van der Waals surface area contributed by atoms with Gasteiger partial charge in [-0.1, -0.05) is 36.5 Å². The summed E-state index contributed by atoms with van der Waals surface area (Å²) < 4.78 is 0. The van der Waals surface area contributed by atoms with Crippen molar-refractivity contribution in [3.63, 3.8) is 0 Å². The Hall–Kier alpha value is -1.39. The molecule has 4 heteroatoms. The highest BCUT2D eigenvalue weighted by Gasteiger charge is 2.32. The van der Waals surface area contributed by atoms with Gasteiger partial charge in [-0.05, 0) is 51.7 Å². The van der Waals surface area contributed by atoms with E-state index in [1.54, 1.807) is 0 Å². The third-order valence-corrected chi connectivity index (χ3v) is 5.71. The summed E-state index contributed by atoms with van der Waals surface area (Å²) in [6, 6.07) is 6.24. The van der Waals surface area contributed by atoms with Gasteiger partial charge in [-0.3, -0.25) is 4.79 Å². The topological polar surface area (TPSA) is 52.6 Å². The molecule has 2 fully saturated rings. The van der Waals surface area contributed by atoms with Crippen molar-refractivity contribution in [3.8, 4) is 0 Å². The van der Waals surface area contributed by atoms with Crippen LogP contribution in [-0.4, -0.2) is 47.2 Å². The molecule has 1 amide bonds. The van der Waals surface area contributed by atoms with Crippen LogP contribution in [0, 0.1) is 13.8 Å². The lowest BCUT2D eigenvalue weighted by Gasteiger charge is -2.40. The molecule has 4 nitrogen and oxygen atoms in total. The maximum Gasteiger partial charge on any atom is 0.251 e. The molecule has 1 aromatic carbocycles. The first-order chi connectivity index (χ1) is 11.9. The molecule has 0 atom stereocenters. The third kappa shape index (κ3) is 5.05. The number of β-amino-alcohol motifs (C(OH)–C–C–N with tert-alkyl or cyclic N) is 1. The first-order valence-corrected chi connectivity index (χ1v) is 9.77. The highest BCUT2D eigenvalue weighted by molar-refractivity contribution is 5.94. The molecule has 2 aliphatic rings. The van der Waals surface area contributed by atoms with Crippen LogP contribution in [0.25, 0.3) is 0 Å². The fourth-order valence-electron chi connectivity index (χ4n) is 4.39. The maximum atomic E-state index is 12.5. The Kier molecular flexibility index (Phi) is 5.80. The van der Waals surface area contributed by atoms with Crippen LogP contribution in [0.5, 0.6) is 0 Å². The van der Waals surface area contributed by atoms with E-state index in [-0.39, 0.29) is 11.9 Å². The normalized spacial score (nSPS) is 21.9. The van der Waals surface area contributed by atoms with E-state index in [0.717, 1.165) is 74.8 Å². The Morgan fingerprint density at radius 2 is 1.72 bits per heavy atom. The SMILES string of the molecule is Cc1cc(C)cc(C(=O)NC2CCN(CC3(O)CCCCC3)CC2)c1. The van der Waals surface area contributed by atoms with Crippen molar-refractivity contribution in [2.45, 2.75) is 70.4 Å².